The number of hydrogen-bond acceptors (Lipinski definition) is 5. The standard InChI is InChI=1S/C25H24Cl2N2O4S2/c26-20-11-10-19(14-21(20)27)16-34-13-12-28-25(30)24-15-29(22-8-4-5-9-23(22)33-24)35(31,32)17-18-6-2-1-3-7-18/h1-11,14,24H,12-13,15-17H2,(H,28,30). The fourth-order valence-corrected chi connectivity index (χ4v) is 6.35. The van der Waals surface area contributed by atoms with Gasteiger partial charge in [0, 0.05) is 18.1 Å². The van der Waals surface area contributed by atoms with Gasteiger partial charge < -0.3 is 10.1 Å². The molecule has 1 atom stereocenters. The Kier molecular flexibility index (Phi) is 8.49. The molecule has 0 radical (unpaired) electrons. The second-order valence-electron chi connectivity index (χ2n) is 7.94. The van der Waals surface area contributed by atoms with E-state index in [4.69, 9.17) is 27.9 Å². The predicted octanol–water partition coefficient (Wildman–Crippen LogP) is 5.14. The second-order valence-corrected chi connectivity index (χ2v) is 11.8. The van der Waals surface area contributed by atoms with Crippen LogP contribution in [0, 0.1) is 0 Å². The molecule has 3 aromatic rings. The number of sulfonamides is 1. The number of para-hydroxylation sites is 2. The highest BCUT2D eigenvalue weighted by Gasteiger charge is 2.36. The summed E-state index contributed by atoms with van der Waals surface area (Å²) in [4.78, 5) is 12.9. The summed E-state index contributed by atoms with van der Waals surface area (Å²) in [5.41, 5.74) is 2.16. The summed E-state index contributed by atoms with van der Waals surface area (Å²) in [5, 5.41) is 3.89. The highest BCUT2D eigenvalue weighted by molar-refractivity contribution is 7.98. The van der Waals surface area contributed by atoms with Crippen molar-refractivity contribution in [2.45, 2.75) is 17.6 Å². The van der Waals surface area contributed by atoms with E-state index in [0.29, 0.717) is 39.3 Å². The number of carbonyl (C=O) groups is 1. The van der Waals surface area contributed by atoms with Gasteiger partial charge in [0.2, 0.25) is 10.0 Å². The van der Waals surface area contributed by atoms with Crippen molar-refractivity contribution in [2.24, 2.45) is 0 Å². The maximum absolute atomic E-state index is 13.3. The van der Waals surface area contributed by atoms with Crippen molar-refractivity contribution in [2.75, 3.05) is 23.1 Å². The van der Waals surface area contributed by atoms with Crippen LogP contribution < -0.4 is 14.4 Å². The topological polar surface area (TPSA) is 75.7 Å². The number of hydrogen-bond donors (Lipinski definition) is 1. The molecule has 0 spiro atoms. The largest absolute Gasteiger partial charge is 0.476 e. The Morgan fingerprint density at radius 1 is 1.00 bits per heavy atom. The van der Waals surface area contributed by atoms with Crippen molar-refractivity contribution >= 4 is 56.6 Å². The van der Waals surface area contributed by atoms with Crippen LogP contribution in [0.15, 0.2) is 72.8 Å². The van der Waals surface area contributed by atoms with Crippen molar-refractivity contribution in [3.63, 3.8) is 0 Å². The van der Waals surface area contributed by atoms with Crippen LogP contribution >= 0.6 is 35.0 Å². The molecule has 0 saturated heterocycles. The molecule has 1 unspecified atom stereocenters. The Morgan fingerprint density at radius 2 is 1.74 bits per heavy atom. The predicted molar refractivity (Wildman–Crippen MR) is 143 cm³/mol. The van der Waals surface area contributed by atoms with Gasteiger partial charge in [0.05, 0.1) is 28.0 Å². The van der Waals surface area contributed by atoms with Crippen LogP contribution in [-0.2, 0) is 26.3 Å². The minimum Gasteiger partial charge on any atom is -0.476 e. The Labute approximate surface area is 219 Å². The first-order valence-electron chi connectivity index (χ1n) is 10.9. The molecule has 1 amide bonds. The Bertz CT molecular complexity index is 1290. The number of nitrogens with zero attached hydrogens (tertiary/aromatic N) is 1. The quantitative estimate of drug-likeness (QED) is 0.373. The monoisotopic (exact) mass is 550 g/mol. The molecule has 35 heavy (non-hydrogen) atoms. The first kappa shape index (κ1) is 25.7. The number of fused-ring (bicyclic) bond motifs is 1. The molecule has 1 aliphatic rings. The molecule has 1 N–H and O–H groups in total. The molecule has 1 aliphatic heterocycles. The van der Waals surface area contributed by atoms with E-state index >= 15 is 0 Å². The number of amides is 1. The van der Waals surface area contributed by atoms with Crippen molar-refractivity contribution in [3.8, 4) is 5.75 Å². The molecule has 6 nitrogen and oxygen atoms in total. The maximum Gasteiger partial charge on any atom is 0.263 e. The van der Waals surface area contributed by atoms with E-state index in [1.54, 1.807) is 66.4 Å². The highest BCUT2D eigenvalue weighted by atomic mass is 35.5. The molecule has 0 fully saturated rings. The third-order valence-corrected chi connectivity index (χ3v) is 8.84. The molecule has 1 heterocycles. The van der Waals surface area contributed by atoms with Crippen LogP contribution in [0.2, 0.25) is 10.0 Å². The molecule has 0 aromatic heterocycles. The van der Waals surface area contributed by atoms with E-state index in [2.05, 4.69) is 5.32 Å². The molecule has 3 aromatic carbocycles. The summed E-state index contributed by atoms with van der Waals surface area (Å²) in [6, 6.07) is 21.3. The average Bonchev–Trinajstić information content (AvgIpc) is 2.85. The summed E-state index contributed by atoms with van der Waals surface area (Å²) in [5.74, 6) is 1.25. The van der Waals surface area contributed by atoms with Gasteiger partial charge in [0.15, 0.2) is 6.10 Å². The van der Waals surface area contributed by atoms with Crippen LogP contribution in [0.1, 0.15) is 11.1 Å². The number of anilines is 1. The van der Waals surface area contributed by atoms with Gasteiger partial charge in [-0.3, -0.25) is 9.10 Å². The molecule has 0 aliphatic carbocycles. The van der Waals surface area contributed by atoms with Crippen LogP contribution in [0.4, 0.5) is 5.69 Å². The van der Waals surface area contributed by atoms with Crippen molar-refractivity contribution in [1.29, 1.82) is 0 Å². The average molecular weight is 552 g/mol. The molecule has 4 rings (SSSR count). The van der Waals surface area contributed by atoms with Gasteiger partial charge in [0.25, 0.3) is 5.91 Å². The van der Waals surface area contributed by atoms with Gasteiger partial charge in [-0.2, -0.15) is 11.8 Å². The van der Waals surface area contributed by atoms with Crippen LogP contribution in [0.5, 0.6) is 5.75 Å². The summed E-state index contributed by atoms with van der Waals surface area (Å²) in [6.45, 7) is 0.331. The number of rotatable bonds is 9. The van der Waals surface area contributed by atoms with Crippen molar-refractivity contribution in [1.82, 2.24) is 5.32 Å². The fourth-order valence-electron chi connectivity index (χ4n) is 3.64. The van der Waals surface area contributed by atoms with Crippen LogP contribution in [0.3, 0.4) is 0 Å². The second kappa shape index (κ2) is 11.6. The minimum atomic E-state index is -3.73. The van der Waals surface area contributed by atoms with E-state index < -0.39 is 16.1 Å². The fraction of sp³-hybridized carbons (Fsp3) is 0.240. The summed E-state index contributed by atoms with van der Waals surface area (Å²) < 4.78 is 33.7. The SMILES string of the molecule is O=C(NCCSCc1ccc(Cl)c(Cl)c1)C1CN(S(=O)(=O)Cc2ccccc2)c2ccccc2O1. The number of carbonyl (C=O) groups excluding carboxylic acids is 1. The Balaban J connectivity index is 1.36. The van der Waals surface area contributed by atoms with E-state index in [1.807, 2.05) is 18.2 Å². The van der Waals surface area contributed by atoms with Gasteiger partial charge in [-0.15, -0.1) is 0 Å². The Hall–Kier alpha value is -2.39. The third kappa shape index (κ3) is 6.64. The molecule has 0 saturated carbocycles. The molecular weight excluding hydrogens is 527 g/mol. The van der Waals surface area contributed by atoms with E-state index in [9.17, 15) is 13.2 Å². The molecular formula is C25H24Cl2N2O4S2. The van der Waals surface area contributed by atoms with Crippen LogP contribution in [0.25, 0.3) is 0 Å². The maximum atomic E-state index is 13.3. The molecule has 0 bridgehead atoms. The zero-order valence-electron chi connectivity index (χ0n) is 18.7. The van der Waals surface area contributed by atoms with Crippen molar-refractivity contribution < 1.29 is 17.9 Å². The highest BCUT2D eigenvalue weighted by Crippen LogP contribution is 2.35. The zero-order valence-corrected chi connectivity index (χ0v) is 21.8. The number of benzene rings is 3. The van der Waals surface area contributed by atoms with Gasteiger partial charge in [-0.25, -0.2) is 8.42 Å². The van der Waals surface area contributed by atoms with Gasteiger partial charge >= 0.3 is 0 Å². The van der Waals surface area contributed by atoms with Gasteiger partial charge in [-0.1, -0.05) is 71.7 Å². The lowest BCUT2D eigenvalue weighted by molar-refractivity contribution is -0.127. The third-order valence-electron chi connectivity index (χ3n) is 5.35. The number of halogens is 2. The first-order chi connectivity index (χ1) is 16.8. The molecule has 184 valence electrons. The minimum absolute atomic E-state index is 0.0889. The molecule has 10 heteroatoms. The van der Waals surface area contributed by atoms with Crippen LogP contribution in [-0.4, -0.2) is 39.3 Å². The first-order valence-corrected chi connectivity index (χ1v) is 14.4. The Morgan fingerprint density at radius 3 is 2.51 bits per heavy atom. The van der Waals surface area contributed by atoms with Gasteiger partial charge in [-0.05, 0) is 35.4 Å². The summed E-state index contributed by atoms with van der Waals surface area (Å²) >= 11 is 13.6. The number of ether oxygens (including phenoxy) is 1. The smallest absolute Gasteiger partial charge is 0.263 e. The van der Waals surface area contributed by atoms with Crippen molar-refractivity contribution in [3.05, 3.63) is 94.0 Å². The summed E-state index contributed by atoms with van der Waals surface area (Å²) in [7, 11) is -3.73. The summed E-state index contributed by atoms with van der Waals surface area (Å²) in [6.07, 6.45) is -0.949. The zero-order chi connectivity index (χ0) is 24.8. The van der Waals surface area contributed by atoms with E-state index in [-0.39, 0.29) is 18.2 Å². The lowest BCUT2D eigenvalue weighted by Gasteiger charge is -2.34. The lowest BCUT2D eigenvalue weighted by atomic mass is 10.2. The number of nitrogens with one attached hydrogen (secondary N) is 1. The van der Waals surface area contributed by atoms with Gasteiger partial charge in [0.1, 0.15) is 5.75 Å². The van der Waals surface area contributed by atoms with E-state index in [0.717, 1.165) is 11.3 Å². The normalized spacial score (nSPS) is 15.3. The van der Waals surface area contributed by atoms with E-state index in [1.165, 1.54) is 4.31 Å². The lowest BCUT2D eigenvalue weighted by Crippen LogP contribution is -2.51. The number of thioether (sulfide) groups is 1.